The third-order valence-corrected chi connectivity index (χ3v) is 11.1. The zero-order chi connectivity index (χ0) is 38.2. The number of aryl methyl sites for hydroxylation is 1. The summed E-state index contributed by atoms with van der Waals surface area (Å²) in [6.07, 6.45) is 0. The molecule has 0 nitrogen and oxygen atoms in total. The second-order valence-corrected chi connectivity index (χ2v) is 19.9. The molecule has 7 rings (SSSR count). The van der Waals surface area contributed by atoms with Crippen LogP contribution < -0.4 is 0 Å². The van der Waals surface area contributed by atoms with E-state index in [0.29, 0.717) is 0 Å². The minimum atomic E-state index is -0.0121. The molecule has 0 spiro atoms. The second-order valence-electron chi connectivity index (χ2n) is 19.9. The normalized spacial score (nSPS) is 13.0. The van der Waals surface area contributed by atoms with Crippen LogP contribution in [0.3, 0.4) is 0 Å². The van der Waals surface area contributed by atoms with E-state index < -0.39 is 0 Å². The number of hydrogen-bond acceptors (Lipinski definition) is 0. The van der Waals surface area contributed by atoms with Gasteiger partial charge in [0.1, 0.15) is 0 Å². The molecule has 53 heavy (non-hydrogen) atoms. The predicted octanol–water partition coefficient (Wildman–Crippen LogP) is 15.8. The Kier molecular flexibility index (Phi) is 8.80. The Hall–Kier alpha value is -4.68. The van der Waals surface area contributed by atoms with Crippen molar-refractivity contribution >= 4 is 64.6 Å². The molecule has 12 bridgehead atoms. The standard InChI is InChI=1S/C53H58/c1-33-17-36-20-37(18-33)41-24-45(32-49(28-41)53(11,12)13)43-22-39(26-47(30-43)51(5,6)7)35-16-14-15-34(19-35)38-21-42(29-46(25-38)50(2,3)4)44-23-40(36)27-48(31-44)52(8,9)10/h14-32H,1-13H3. The monoisotopic (exact) mass is 694 g/mol. The summed E-state index contributed by atoms with van der Waals surface area (Å²) in [6, 6.07) is 45.4. The molecule has 270 valence electrons. The van der Waals surface area contributed by atoms with Crippen LogP contribution in [0.25, 0.3) is 64.6 Å². The SMILES string of the molecule is Cc1cc2cc(c1)c1cc(C(C)(C)C)cc(c1)c1cc(C(C)(C)C)cc(c1)c1cccc(c1)c1cc(C(C)(C)C)cc(c1)c1cc(C(C)(C)C)cc2c1. The molecule has 7 aromatic rings. The van der Waals surface area contributed by atoms with Crippen molar-refractivity contribution in [2.45, 2.75) is 112 Å². The highest BCUT2D eigenvalue weighted by molar-refractivity contribution is 6.02. The van der Waals surface area contributed by atoms with Gasteiger partial charge in [-0.1, -0.05) is 162 Å². The van der Waals surface area contributed by atoms with Crippen molar-refractivity contribution in [3.8, 4) is 0 Å². The van der Waals surface area contributed by atoms with Crippen molar-refractivity contribution in [2.24, 2.45) is 0 Å². The van der Waals surface area contributed by atoms with E-state index in [1.54, 1.807) is 0 Å². The van der Waals surface area contributed by atoms with Crippen LogP contribution in [0.1, 0.15) is 111 Å². The van der Waals surface area contributed by atoms with Crippen molar-refractivity contribution in [2.75, 3.05) is 0 Å². The summed E-state index contributed by atoms with van der Waals surface area (Å²) in [7, 11) is 0. The maximum absolute atomic E-state index is 2.43. The summed E-state index contributed by atoms with van der Waals surface area (Å²) >= 11 is 0. The zero-order valence-corrected chi connectivity index (χ0v) is 34.5. The maximum Gasteiger partial charge on any atom is -0.0131 e. The lowest BCUT2D eigenvalue weighted by atomic mass is 9.83. The molecule has 7 aromatic carbocycles. The van der Waals surface area contributed by atoms with E-state index in [1.165, 1.54) is 92.5 Å². The van der Waals surface area contributed by atoms with E-state index in [2.05, 4.69) is 205 Å². The zero-order valence-electron chi connectivity index (χ0n) is 34.5. The van der Waals surface area contributed by atoms with Gasteiger partial charge in [0.15, 0.2) is 0 Å². The largest absolute Gasteiger partial charge is 0.0610 e. The summed E-state index contributed by atoms with van der Waals surface area (Å²) in [5.74, 6) is 0. The van der Waals surface area contributed by atoms with E-state index in [1.807, 2.05) is 0 Å². The summed E-state index contributed by atoms with van der Waals surface area (Å²) in [4.78, 5) is 0. The molecule has 0 saturated carbocycles. The third-order valence-electron chi connectivity index (χ3n) is 11.1. The average molecular weight is 695 g/mol. The number of hydrogen-bond donors (Lipinski definition) is 0. The van der Waals surface area contributed by atoms with E-state index in [4.69, 9.17) is 0 Å². The van der Waals surface area contributed by atoms with E-state index in [0.717, 1.165) is 0 Å². The molecule has 0 aliphatic heterocycles. The van der Waals surface area contributed by atoms with Gasteiger partial charge in [-0.25, -0.2) is 0 Å². The second kappa shape index (κ2) is 12.7. The lowest BCUT2D eigenvalue weighted by molar-refractivity contribution is 0.591. The molecular weight excluding hydrogens is 637 g/mol. The molecule has 0 unspecified atom stereocenters. The van der Waals surface area contributed by atoms with Gasteiger partial charge in [-0.2, -0.15) is 0 Å². The van der Waals surface area contributed by atoms with Crippen molar-refractivity contribution in [1.29, 1.82) is 0 Å². The Morgan fingerprint density at radius 2 is 0.434 bits per heavy atom. The van der Waals surface area contributed by atoms with Gasteiger partial charge in [0.2, 0.25) is 0 Å². The maximum atomic E-state index is 2.43. The Balaban J connectivity index is 1.82. The molecule has 0 N–H and O–H groups in total. The molecule has 0 heteroatoms. The van der Waals surface area contributed by atoms with Crippen molar-refractivity contribution in [3.05, 3.63) is 143 Å². The number of rotatable bonds is 0. The minimum absolute atomic E-state index is 0.0100. The van der Waals surface area contributed by atoms with Crippen LogP contribution in [0, 0.1) is 6.92 Å². The van der Waals surface area contributed by atoms with Crippen LogP contribution in [0.2, 0.25) is 0 Å². The van der Waals surface area contributed by atoms with Crippen molar-refractivity contribution < 1.29 is 0 Å². The van der Waals surface area contributed by atoms with Crippen LogP contribution >= 0.6 is 0 Å². The van der Waals surface area contributed by atoms with Gasteiger partial charge in [-0.15, -0.1) is 0 Å². The first-order valence-electron chi connectivity index (χ1n) is 19.5. The van der Waals surface area contributed by atoms with Crippen molar-refractivity contribution in [1.82, 2.24) is 0 Å². The fraction of sp³-hybridized carbons (Fsp3) is 0.321. The van der Waals surface area contributed by atoms with Crippen LogP contribution in [0.5, 0.6) is 0 Å². The highest BCUT2D eigenvalue weighted by Gasteiger charge is 2.19. The first kappa shape index (κ1) is 36.7. The molecule has 0 amide bonds. The van der Waals surface area contributed by atoms with Gasteiger partial charge >= 0.3 is 0 Å². The van der Waals surface area contributed by atoms with Crippen LogP contribution in [-0.4, -0.2) is 0 Å². The Bertz CT molecular complexity index is 2510. The Labute approximate surface area is 318 Å². The molecule has 0 aliphatic rings. The molecule has 0 heterocycles. The summed E-state index contributed by atoms with van der Waals surface area (Å²) in [5, 5.41) is 15.1. The quantitative estimate of drug-likeness (QED) is 0.148. The minimum Gasteiger partial charge on any atom is -0.0610 e. The molecular formula is C53H58. The van der Waals surface area contributed by atoms with Gasteiger partial charge in [0.05, 0.1) is 0 Å². The van der Waals surface area contributed by atoms with Crippen molar-refractivity contribution in [3.63, 3.8) is 0 Å². The van der Waals surface area contributed by atoms with Crippen LogP contribution in [0.15, 0.2) is 115 Å². The average Bonchev–Trinajstić information content (AvgIpc) is 3.09. The van der Waals surface area contributed by atoms with E-state index >= 15 is 0 Å². The topological polar surface area (TPSA) is 0 Å². The van der Waals surface area contributed by atoms with Crippen LogP contribution in [0.4, 0.5) is 0 Å². The first-order valence-corrected chi connectivity index (χ1v) is 19.5. The van der Waals surface area contributed by atoms with E-state index in [9.17, 15) is 0 Å². The molecule has 0 atom stereocenters. The Morgan fingerprint density at radius 1 is 0.245 bits per heavy atom. The van der Waals surface area contributed by atoms with Crippen LogP contribution in [-0.2, 0) is 21.7 Å². The van der Waals surface area contributed by atoms with Gasteiger partial charge in [0, 0.05) is 0 Å². The van der Waals surface area contributed by atoms with Gasteiger partial charge < -0.3 is 0 Å². The summed E-state index contributed by atoms with van der Waals surface area (Å²) < 4.78 is 0. The molecule has 0 saturated heterocycles. The fourth-order valence-corrected chi connectivity index (χ4v) is 7.57. The molecule has 0 radical (unpaired) electrons. The molecule has 0 aliphatic carbocycles. The smallest absolute Gasteiger partial charge is 0.0131 e. The highest BCUT2D eigenvalue weighted by atomic mass is 14.2. The summed E-state index contributed by atoms with van der Waals surface area (Å²) in [5.41, 5.74) is 6.60. The highest BCUT2D eigenvalue weighted by Crippen LogP contribution is 2.36. The lowest BCUT2D eigenvalue weighted by Gasteiger charge is -2.22. The number of fused-ring (bicyclic) bond motifs is 18. The van der Waals surface area contributed by atoms with Gasteiger partial charge in [-0.05, 0) is 157 Å². The molecule has 0 aromatic heterocycles. The molecule has 0 fully saturated rings. The fourth-order valence-electron chi connectivity index (χ4n) is 7.57. The lowest BCUT2D eigenvalue weighted by Crippen LogP contribution is -2.11. The third kappa shape index (κ3) is 7.57. The van der Waals surface area contributed by atoms with Gasteiger partial charge in [0.25, 0.3) is 0 Å². The van der Waals surface area contributed by atoms with E-state index in [-0.39, 0.29) is 21.7 Å². The first-order chi connectivity index (χ1) is 24.6. The summed E-state index contributed by atoms with van der Waals surface area (Å²) in [6.45, 7) is 30.2. The predicted molar refractivity (Wildman–Crippen MR) is 237 cm³/mol. The Morgan fingerprint density at radius 3 is 0.660 bits per heavy atom. The number of benzene rings is 6. The van der Waals surface area contributed by atoms with Gasteiger partial charge in [-0.3, -0.25) is 0 Å².